The van der Waals surface area contributed by atoms with Gasteiger partial charge >= 0.3 is 6.18 Å². The highest BCUT2D eigenvalue weighted by Crippen LogP contribution is 2.38. The highest BCUT2D eigenvalue weighted by Gasteiger charge is 2.36. The molecule has 0 radical (unpaired) electrons. The van der Waals surface area contributed by atoms with Crippen LogP contribution in [0.3, 0.4) is 0 Å². The van der Waals surface area contributed by atoms with Gasteiger partial charge in [0.25, 0.3) is 5.91 Å². The maximum Gasteiger partial charge on any atom is 0.417 e. The van der Waals surface area contributed by atoms with Crippen molar-refractivity contribution < 1.29 is 27.1 Å². The lowest BCUT2D eigenvalue weighted by Crippen LogP contribution is -2.35. The minimum atomic E-state index is -4.92. The molecule has 2 saturated heterocycles. The number of carbonyl (C=O) groups is 1. The number of carbonyl (C=O) groups excluding carboxylic acids is 1. The maximum absolute atomic E-state index is 15.8. The molecule has 8 nitrogen and oxygen atoms in total. The summed E-state index contributed by atoms with van der Waals surface area (Å²) in [5, 5.41) is 2.59. The van der Waals surface area contributed by atoms with Crippen molar-refractivity contribution in [3.8, 4) is 11.1 Å². The van der Waals surface area contributed by atoms with Gasteiger partial charge in [-0.05, 0) is 49.8 Å². The van der Waals surface area contributed by atoms with Crippen LogP contribution in [0.25, 0.3) is 11.1 Å². The number of hydrogen-bond acceptors (Lipinski definition) is 6. The predicted octanol–water partition coefficient (Wildman–Crippen LogP) is 4.42. The van der Waals surface area contributed by atoms with Gasteiger partial charge < -0.3 is 24.8 Å². The van der Waals surface area contributed by atoms with Crippen LogP contribution in [0.2, 0.25) is 0 Å². The fourth-order valence-electron chi connectivity index (χ4n) is 5.47. The van der Waals surface area contributed by atoms with Crippen molar-refractivity contribution in [3.63, 3.8) is 0 Å². The van der Waals surface area contributed by atoms with Crippen LogP contribution in [-0.4, -0.2) is 80.2 Å². The van der Waals surface area contributed by atoms with E-state index in [1.165, 1.54) is 12.1 Å². The van der Waals surface area contributed by atoms with Crippen LogP contribution in [-0.2, 0) is 17.5 Å². The number of morpholine rings is 1. The molecule has 1 atom stereocenters. The fourth-order valence-corrected chi connectivity index (χ4v) is 5.47. The normalized spacial score (nSPS) is 18.1. The van der Waals surface area contributed by atoms with Crippen molar-refractivity contribution in [2.24, 2.45) is 0 Å². The number of pyridine rings is 1. The highest BCUT2D eigenvalue weighted by atomic mass is 19.4. The molecule has 12 heteroatoms. The first-order valence-corrected chi connectivity index (χ1v) is 13.7. The number of hydrogen-bond donors (Lipinski definition) is 2. The summed E-state index contributed by atoms with van der Waals surface area (Å²) in [6.07, 6.45) is -3.38. The van der Waals surface area contributed by atoms with Gasteiger partial charge in [-0.2, -0.15) is 13.2 Å². The molecule has 1 unspecified atom stereocenters. The Bertz CT molecular complexity index is 1500. The van der Waals surface area contributed by atoms with Crippen molar-refractivity contribution >= 4 is 17.3 Å². The summed E-state index contributed by atoms with van der Waals surface area (Å²) in [7, 11) is 3.89. The molecule has 0 saturated carbocycles. The maximum atomic E-state index is 15.8. The van der Waals surface area contributed by atoms with Gasteiger partial charge in [0.05, 0.1) is 35.7 Å². The number of nitrogens with zero attached hydrogens (tertiary/aromatic N) is 3. The molecule has 2 N–H and O–H groups in total. The Morgan fingerprint density at radius 2 is 1.88 bits per heavy atom. The number of rotatable bonds is 7. The molecule has 2 aromatic carbocycles. The van der Waals surface area contributed by atoms with Gasteiger partial charge in [-0.1, -0.05) is 18.2 Å². The average Bonchev–Trinajstić information content (AvgIpc) is 3.45. The van der Waals surface area contributed by atoms with Crippen molar-refractivity contribution in [3.05, 3.63) is 81.5 Å². The smallest absolute Gasteiger partial charge is 0.379 e. The first-order valence-electron chi connectivity index (χ1n) is 13.7. The predicted molar refractivity (Wildman–Crippen MR) is 152 cm³/mol. The van der Waals surface area contributed by atoms with E-state index in [1.807, 2.05) is 37.2 Å². The Morgan fingerprint density at radius 3 is 2.57 bits per heavy atom. The van der Waals surface area contributed by atoms with Crippen molar-refractivity contribution in [1.82, 2.24) is 14.8 Å². The van der Waals surface area contributed by atoms with Gasteiger partial charge in [0.2, 0.25) is 5.56 Å². The van der Waals surface area contributed by atoms with Gasteiger partial charge in [0, 0.05) is 56.6 Å². The lowest BCUT2D eigenvalue weighted by molar-refractivity contribution is -0.138. The zero-order valence-electron chi connectivity index (χ0n) is 23.4. The van der Waals surface area contributed by atoms with Crippen molar-refractivity contribution in [1.29, 1.82) is 0 Å². The zero-order chi connectivity index (χ0) is 30.0. The molecule has 2 aliphatic rings. The Labute approximate surface area is 240 Å². The van der Waals surface area contributed by atoms with Crippen LogP contribution >= 0.6 is 0 Å². The first kappa shape index (κ1) is 29.7. The van der Waals surface area contributed by atoms with Crippen molar-refractivity contribution in [2.75, 3.05) is 63.7 Å². The summed E-state index contributed by atoms with van der Waals surface area (Å²) in [5.74, 6) is -1.58. The Hall–Kier alpha value is -3.74. The third kappa shape index (κ3) is 6.66. The van der Waals surface area contributed by atoms with E-state index in [-0.39, 0.29) is 17.3 Å². The molecule has 224 valence electrons. The van der Waals surface area contributed by atoms with Crippen molar-refractivity contribution in [2.45, 2.75) is 25.2 Å². The Morgan fingerprint density at radius 1 is 1.12 bits per heavy atom. The third-order valence-corrected chi connectivity index (χ3v) is 7.79. The molecule has 3 heterocycles. The third-order valence-electron chi connectivity index (χ3n) is 7.79. The van der Waals surface area contributed by atoms with E-state index in [0.717, 1.165) is 31.3 Å². The van der Waals surface area contributed by atoms with E-state index in [0.29, 0.717) is 50.2 Å². The molecule has 2 fully saturated rings. The molecule has 1 amide bonds. The van der Waals surface area contributed by atoms with Gasteiger partial charge in [0.15, 0.2) is 0 Å². The molecule has 5 rings (SSSR count). The number of likely N-dealkylation sites (N-methyl/N-ethyl adjacent to an activating group) is 1. The number of H-pyrrole nitrogens is 1. The number of aromatic amines is 1. The molecule has 42 heavy (non-hydrogen) atoms. The van der Waals surface area contributed by atoms with Crippen LogP contribution in [0.15, 0.2) is 53.5 Å². The fraction of sp³-hybridized carbons (Fsp3) is 0.400. The summed E-state index contributed by atoms with van der Waals surface area (Å²) in [4.78, 5) is 33.3. The van der Waals surface area contributed by atoms with Crippen LogP contribution in [0, 0.1) is 5.82 Å². The molecule has 0 bridgehead atoms. The Kier molecular flexibility index (Phi) is 8.67. The lowest BCUT2D eigenvalue weighted by Gasteiger charge is -2.27. The van der Waals surface area contributed by atoms with E-state index in [9.17, 15) is 22.8 Å². The van der Waals surface area contributed by atoms with Crippen LogP contribution in [0.4, 0.5) is 28.9 Å². The summed E-state index contributed by atoms with van der Waals surface area (Å²) in [6, 6.07) is 10.8. The average molecular weight is 588 g/mol. The number of alkyl halides is 3. The number of benzene rings is 2. The van der Waals surface area contributed by atoms with E-state index >= 15 is 4.39 Å². The van der Waals surface area contributed by atoms with E-state index in [1.54, 1.807) is 6.07 Å². The van der Waals surface area contributed by atoms with Crippen LogP contribution in [0.5, 0.6) is 0 Å². The number of amides is 1. The van der Waals surface area contributed by atoms with Crippen LogP contribution < -0.4 is 15.8 Å². The van der Waals surface area contributed by atoms with E-state index in [4.69, 9.17) is 4.74 Å². The minimum Gasteiger partial charge on any atom is -0.379 e. The highest BCUT2D eigenvalue weighted by molar-refractivity contribution is 6.07. The van der Waals surface area contributed by atoms with Gasteiger partial charge in [-0.3, -0.25) is 14.5 Å². The van der Waals surface area contributed by atoms with Gasteiger partial charge in [-0.15, -0.1) is 0 Å². The van der Waals surface area contributed by atoms with Crippen LogP contribution in [0.1, 0.15) is 27.9 Å². The first-order chi connectivity index (χ1) is 20.0. The molecular formula is C30H33F4N5O3. The quantitative estimate of drug-likeness (QED) is 0.399. The number of anilines is 2. The summed E-state index contributed by atoms with van der Waals surface area (Å²) >= 11 is 0. The molecule has 1 aromatic heterocycles. The molecule has 0 aliphatic carbocycles. The van der Waals surface area contributed by atoms with Gasteiger partial charge in [0.1, 0.15) is 5.82 Å². The molecule has 3 aromatic rings. The monoisotopic (exact) mass is 587 g/mol. The molecule has 2 aliphatic heterocycles. The summed E-state index contributed by atoms with van der Waals surface area (Å²) in [5.41, 5.74) is -0.764. The SMILES string of the molecule is CN(C)C1CCN(c2cc(F)c(-c3cccc(CN4CCOCC4)c3)cc2NC(=O)c2c[nH]c(=O)cc2C(F)(F)F)C1. The number of ether oxygens (including phenoxy) is 1. The minimum absolute atomic E-state index is 0.175. The molecular weight excluding hydrogens is 554 g/mol. The number of aromatic nitrogens is 1. The summed E-state index contributed by atoms with van der Waals surface area (Å²) in [6.45, 7) is 4.66. The second-order valence-electron chi connectivity index (χ2n) is 10.9. The topological polar surface area (TPSA) is 80.9 Å². The number of halogens is 4. The largest absolute Gasteiger partial charge is 0.417 e. The second-order valence-corrected chi connectivity index (χ2v) is 10.9. The zero-order valence-corrected chi connectivity index (χ0v) is 23.4. The summed E-state index contributed by atoms with van der Waals surface area (Å²) < 4.78 is 62.3. The molecule has 0 spiro atoms. The second kappa shape index (κ2) is 12.2. The van der Waals surface area contributed by atoms with E-state index < -0.39 is 34.6 Å². The van der Waals surface area contributed by atoms with E-state index in [2.05, 4.69) is 20.1 Å². The Balaban J connectivity index is 1.52. The lowest BCUT2D eigenvalue weighted by atomic mass is 10.00. The number of nitrogens with one attached hydrogen (secondary N) is 2. The standard InChI is InChI=1S/C30H33F4N5O3/c1-37(2)21-6-7-39(18-21)27-15-25(31)22(20-5-3-4-19(12-20)17-38-8-10-42-11-9-38)13-26(27)36-29(41)23-16-35-28(40)14-24(23)30(32,33)34/h3-5,12-16,21H,6-11,17-18H2,1-2H3,(H,35,40)(H,36,41). The van der Waals surface area contributed by atoms with Gasteiger partial charge in [-0.25, -0.2) is 4.39 Å².